The van der Waals surface area contributed by atoms with E-state index >= 15 is 0 Å². The Morgan fingerprint density at radius 2 is 1.96 bits per heavy atom. The zero-order valence-electron chi connectivity index (χ0n) is 15.4. The van der Waals surface area contributed by atoms with Gasteiger partial charge in [-0.05, 0) is 19.9 Å². The first kappa shape index (κ1) is 18.4. The third-order valence-corrected chi connectivity index (χ3v) is 6.61. The zero-order valence-corrected chi connectivity index (χ0v) is 16.2. The second-order valence-corrected chi connectivity index (χ2v) is 9.06. The van der Waals surface area contributed by atoms with Crippen LogP contribution in [-0.4, -0.2) is 72.5 Å². The topological polar surface area (TPSA) is 117 Å². The van der Waals surface area contributed by atoms with Crippen molar-refractivity contribution in [2.45, 2.75) is 37.8 Å². The normalized spacial score (nSPS) is 18.9. The lowest BCUT2D eigenvalue weighted by Gasteiger charge is -2.39. The minimum Gasteiger partial charge on any atom is -0.353 e. The fraction of sp³-hybridized carbons (Fsp3) is 0.688. The van der Waals surface area contributed by atoms with E-state index in [9.17, 15) is 8.42 Å². The molecular weight excluding hydrogens is 368 g/mol. The Bertz CT molecular complexity index is 887. The van der Waals surface area contributed by atoms with E-state index < -0.39 is 10.0 Å². The average molecular weight is 395 g/mol. The molecular formula is C16H26N8O2S. The maximum Gasteiger partial charge on any atom is 0.230 e. The fourth-order valence-corrected chi connectivity index (χ4v) is 4.78. The van der Waals surface area contributed by atoms with Crippen LogP contribution in [0.25, 0.3) is 5.65 Å². The number of anilines is 2. The van der Waals surface area contributed by atoms with Gasteiger partial charge in [0.05, 0.1) is 11.9 Å². The van der Waals surface area contributed by atoms with Gasteiger partial charge in [-0.1, -0.05) is 12.8 Å². The van der Waals surface area contributed by atoms with Gasteiger partial charge >= 0.3 is 0 Å². The molecule has 3 heterocycles. The third kappa shape index (κ3) is 4.14. The second kappa shape index (κ2) is 7.56. The van der Waals surface area contributed by atoms with Crippen molar-refractivity contribution in [3.63, 3.8) is 0 Å². The Morgan fingerprint density at radius 1 is 1.19 bits per heavy atom. The van der Waals surface area contributed by atoms with Crippen LogP contribution < -0.4 is 20.3 Å². The van der Waals surface area contributed by atoms with Crippen molar-refractivity contribution in [2.24, 2.45) is 0 Å². The van der Waals surface area contributed by atoms with Gasteiger partial charge in [-0.15, -0.1) is 0 Å². The molecule has 4 rings (SSSR count). The molecule has 0 unspecified atom stereocenters. The lowest BCUT2D eigenvalue weighted by Crippen LogP contribution is -2.57. The molecule has 11 heteroatoms. The van der Waals surface area contributed by atoms with E-state index in [1.54, 1.807) is 10.7 Å². The maximum atomic E-state index is 12.3. The quantitative estimate of drug-likeness (QED) is 0.564. The molecule has 1 aliphatic heterocycles. The molecule has 27 heavy (non-hydrogen) atoms. The highest BCUT2D eigenvalue weighted by Gasteiger charge is 2.28. The van der Waals surface area contributed by atoms with Gasteiger partial charge in [-0.3, -0.25) is 0 Å². The van der Waals surface area contributed by atoms with Crippen molar-refractivity contribution in [1.29, 1.82) is 0 Å². The Labute approximate surface area is 158 Å². The second-order valence-electron chi connectivity index (χ2n) is 7.18. The molecule has 148 valence electrons. The number of nitrogens with zero attached hydrogens (tertiary/aromatic N) is 5. The van der Waals surface area contributed by atoms with Gasteiger partial charge in [0, 0.05) is 37.8 Å². The summed E-state index contributed by atoms with van der Waals surface area (Å²) in [5, 5.41) is 10.6. The van der Waals surface area contributed by atoms with Crippen LogP contribution in [0.3, 0.4) is 0 Å². The van der Waals surface area contributed by atoms with Crippen molar-refractivity contribution >= 4 is 27.6 Å². The molecule has 2 fully saturated rings. The summed E-state index contributed by atoms with van der Waals surface area (Å²) in [4.78, 5) is 11.2. The Morgan fingerprint density at radius 3 is 2.70 bits per heavy atom. The first-order valence-electron chi connectivity index (χ1n) is 9.42. The number of likely N-dealkylation sites (N-methyl/N-ethyl adjacent to an activating group) is 1. The van der Waals surface area contributed by atoms with E-state index in [-0.39, 0.29) is 18.3 Å². The molecule has 2 aromatic rings. The van der Waals surface area contributed by atoms with Crippen molar-refractivity contribution in [1.82, 2.24) is 29.6 Å². The van der Waals surface area contributed by atoms with Crippen LogP contribution in [0.15, 0.2) is 12.3 Å². The van der Waals surface area contributed by atoms with Gasteiger partial charge in [0.2, 0.25) is 21.9 Å². The predicted octanol–water partition coefficient (Wildman–Crippen LogP) is -0.194. The predicted molar refractivity (Wildman–Crippen MR) is 104 cm³/mol. The Balaban J connectivity index is 1.41. The van der Waals surface area contributed by atoms with E-state index in [0.29, 0.717) is 23.6 Å². The van der Waals surface area contributed by atoms with Crippen LogP contribution in [0.5, 0.6) is 0 Å². The average Bonchev–Trinajstić information content (AvgIpc) is 3.24. The molecule has 10 nitrogen and oxygen atoms in total. The number of sulfonamides is 1. The van der Waals surface area contributed by atoms with Gasteiger partial charge < -0.3 is 15.5 Å². The molecule has 3 N–H and O–H groups in total. The van der Waals surface area contributed by atoms with Crippen molar-refractivity contribution < 1.29 is 8.42 Å². The summed E-state index contributed by atoms with van der Waals surface area (Å²) in [5.41, 5.74) is 0.683. The smallest absolute Gasteiger partial charge is 0.230 e. The van der Waals surface area contributed by atoms with Gasteiger partial charge in [-0.25, -0.2) is 13.1 Å². The van der Waals surface area contributed by atoms with E-state index in [0.717, 1.165) is 38.8 Å². The van der Waals surface area contributed by atoms with Crippen molar-refractivity contribution in [3.8, 4) is 0 Å². The minimum absolute atomic E-state index is 0.00284. The van der Waals surface area contributed by atoms with E-state index in [1.165, 1.54) is 0 Å². The Hall–Kier alpha value is -1.98. The molecule has 1 saturated heterocycles. The summed E-state index contributed by atoms with van der Waals surface area (Å²) in [6.07, 6.45) is 5.71. The third-order valence-electron chi connectivity index (χ3n) is 5.17. The van der Waals surface area contributed by atoms with E-state index in [2.05, 4.69) is 35.3 Å². The van der Waals surface area contributed by atoms with Crippen LogP contribution in [0.1, 0.15) is 25.7 Å². The van der Waals surface area contributed by atoms with Crippen molar-refractivity contribution in [2.75, 3.05) is 42.7 Å². The number of hydrogen-bond acceptors (Lipinski definition) is 8. The first-order chi connectivity index (χ1) is 13.0. The number of rotatable bonds is 8. The van der Waals surface area contributed by atoms with Crippen LogP contribution in [0.4, 0.5) is 11.9 Å². The molecule has 1 aliphatic carbocycles. The summed E-state index contributed by atoms with van der Waals surface area (Å²) < 4.78 is 28.9. The fourth-order valence-electron chi connectivity index (χ4n) is 3.55. The molecule has 0 atom stereocenters. The van der Waals surface area contributed by atoms with Crippen LogP contribution in [-0.2, 0) is 10.0 Å². The molecule has 2 aliphatic rings. The lowest BCUT2D eigenvalue weighted by atomic mass is 10.1. The van der Waals surface area contributed by atoms with Crippen LogP contribution in [0.2, 0.25) is 0 Å². The summed E-state index contributed by atoms with van der Waals surface area (Å²) in [6.45, 7) is 1.95. The highest BCUT2D eigenvalue weighted by atomic mass is 32.2. The number of fused-ring (bicyclic) bond motifs is 1. The number of hydrogen-bond donors (Lipinski definition) is 3. The van der Waals surface area contributed by atoms with E-state index in [4.69, 9.17) is 0 Å². The monoisotopic (exact) mass is 394 g/mol. The van der Waals surface area contributed by atoms with E-state index in [1.807, 2.05) is 13.1 Å². The largest absolute Gasteiger partial charge is 0.353 e. The molecule has 2 aromatic heterocycles. The van der Waals surface area contributed by atoms with Gasteiger partial charge in [-0.2, -0.15) is 19.6 Å². The molecule has 0 radical (unpaired) electrons. The molecule has 0 aromatic carbocycles. The van der Waals surface area contributed by atoms with Crippen LogP contribution in [0, 0.1) is 0 Å². The molecule has 1 saturated carbocycles. The standard InChI is InChI=1S/C16H26N8O2S/c1-17-13-10-23(11-13)16-20-14-6-7-19-24(14)15(21-16)18-8-9-27(25,26)22-12-4-2-3-5-12/h6-7,12-13,17,22H,2-5,8-11H2,1H3,(H,18,20,21). The maximum absolute atomic E-state index is 12.3. The van der Waals surface area contributed by atoms with Gasteiger partial charge in [0.15, 0.2) is 5.65 Å². The molecule has 0 amide bonds. The summed E-state index contributed by atoms with van der Waals surface area (Å²) in [6, 6.07) is 2.34. The summed E-state index contributed by atoms with van der Waals surface area (Å²) in [7, 11) is -1.37. The van der Waals surface area contributed by atoms with Crippen LogP contribution >= 0.6 is 0 Å². The van der Waals surface area contributed by atoms with Crippen molar-refractivity contribution in [3.05, 3.63) is 12.3 Å². The Kier molecular flexibility index (Phi) is 5.15. The SMILES string of the molecule is CNC1CN(c2nc(NCCS(=O)(=O)NC3CCCC3)n3nccc3n2)C1. The first-order valence-corrected chi connectivity index (χ1v) is 11.1. The number of aromatic nitrogens is 4. The highest BCUT2D eigenvalue weighted by Crippen LogP contribution is 2.20. The molecule has 0 bridgehead atoms. The summed E-state index contributed by atoms with van der Waals surface area (Å²) in [5.74, 6) is 1.13. The lowest BCUT2D eigenvalue weighted by molar-refractivity contribution is 0.443. The minimum atomic E-state index is -3.31. The highest BCUT2D eigenvalue weighted by molar-refractivity contribution is 7.89. The van der Waals surface area contributed by atoms with Gasteiger partial charge in [0.1, 0.15) is 0 Å². The zero-order chi connectivity index (χ0) is 18.9. The van der Waals surface area contributed by atoms with Gasteiger partial charge in [0.25, 0.3) is 0 Å². The summed E-state index contributed by atoms with van der Waals surface area (Å²) >= 11 is 0. The number of nitrogens with one attached hydrogen (secondary N) is 3. The molecule has 0 spiro atoms.